The van der Waals surface area contributed by atoms with Crippen LogP contribution in [0.15, 0.2) is 46.9 Å². The third-order valence-corrected chi connectivity index (χ3v) is 3.82. The molecule has 2 rings (SSSR count). The molecular formula is C19H20BrNO4. The van der Waals surface area contributed by atoms with Crippen molar-refractivity contribution in [2.24, 2.45) is 0 Å². The molecule has 0 spiro atoms. The zero-order valence-corrected chi connectivity index (χ0v) is 15.9. The van der Waals surface area contributed by atoms with Crippen LogP contribution in [0.3, 0.4) is 0 Å². The Kier molecular flexibility index (Phi) is 6.58. The number of halogens is 1. The fraction of sp³-hybridized carbons (Fsp3) is 0.263. The number of hydrogen-bond donors (Lipinski definition) is 1. The highest BCUT2D eigenvalue weighted by Crippen LogP contribution is 2.27. The number of anilines is 1. The summed E-state index contributed by atoms with van der Waals surface area (Å²) in [5.74, 6) is 0.529. The normalized spacial score (nSPS) is 10.4. The molecule has 0 fully saturated rings. The number of hydrogen-bond acceptors (Lipinski definition) is 4. The van der Waals surface area contributed by atoms with E-state index in [4.69, 9.17) is 9.47 Å². The number of nitrogens with one attached hydrogen (secondary N) is 1. The van der Waals surface area contributed by atoms with Gasteiger partial charge in [0.1, 0.15) is 11.5 Å². The van der Waals surface area contributed by atoms with E-state index in [9.17, 15) is 9.59 Å². The maximum Gasteiger partial charge on any atom is 0.343 e. The lowest BCUT2D eigenvalue weighted by Crippen LogP contribution is -2.11. The quantitative estimate of drug-likeness (QED) is 0.553. The smallest absolute Gasteiger partial charge is 0.343 e. The second-order valence-corrected chi connectivity index (χ2v) is 6.48. The van der Waals surface area contributed by atoms with Crippen LogP contribution in [-0.4, -0.2) is 18.0 Å². The van der Waals surface area contributed by atoms with Crippen LogP contribution in [0.25, 0.3) is 0 Å². The topological polar surface area (TPSA) is 64.6 Å². The summed E-state index contributed by atoms with van der Waals surface area (Å²) >= 11 is 3.40. The fourth-order valence-electron chi connectivity index (χ4n) is 2.00. The van der Waals surface area contributed by atoms with Gasteiger partial charge in [-0.05, 0) is 72.2 Å². The number of ether oxygens (including phenoxy) is 2. The largest absolute Gasteiger partial charge is 0.490 e. The van der Waals surface area contributed by atoms with Gasteiger partial charge in [0.05, 0.1) is 16.1 Å². The third-order valence-electron chi connectivity index (χ3n) is 3.20. The van der Waals surface area contributed by atoms with Gasteiger partial charge in [-0.1, -0.05) is 6.92 Å². The number of rotatable bonds is 6. The van der Waals surface area contributed by atoms with Crippen LogP contribution in [-0.2, 0) is 4.79 Å². The van der Waals surface area contributed by atoms with Crippen LogP contribution in [0.4, 0.5) is 5.69 Å². The SMILES string of the molecule is CCC(=O)Nc1ccc(OC(=O)c2ccc(OC(C)C)c(Br)c2)cc1. The summed E-state index contributed by atoms with van der Waals surface area (Å²) in [6, 6.07) is 11.7. The average Bonchev–Trinajstić information content (AvgIpc) is 2.57. The first-order chi connectivity index (χ1) is 11.9. The second-order valence-electron chi connectivity index (χ2n) is 5.63. The molecule has 0 aromatic heterocycles. The van der Waals surface area contributed by atoms with Crippen molar-refractivity contribution in [1.29, 1.82) is 0 Å². The van der Waals surface area contributed by atoms with Gasteiger partial charge in [0.15, 0.2) is 0 Å². The van der Waals surface area contributed by atoms with Crippen LogP contribution in [0.5, 0.6) is 11.5 Å². The summed E-state index contributed by atoms with van der Waals surface area (Å²) in [5, 5.41) is 2.73. The number of esters is 1. The number of benzene rings is 2. The molecule has 0 bridgehead atoms. The highest BCUT2D eigenvalue weighted by Gasteiger charge is 2.12. The van der Waals surface area contributed by atoms with Crippen LogP contribution in [0, 0.1) is 0 Å². The molecule has 0 saturated heterocycles. The van der Waals surface area contributed by atoms with Crippen LogP contribution < -0.4 is 14.8 Å². The van der Waals surface area contributed by atoms with Crippen molar-refractivity contribution in [3.63, 3.8) is 0 Å². The van der Waals surface area contributed by atoms with E-state index in [1.54, 1.807) is 49.4 Å². The molecule has 0 aliphatic rings. The molecule has 0 aliphatic heterocycles. The van der Waals surface area contributed by atoms with Gasteiger partial charge < -0.3 is 14.8 Å². The maximum absolute atomic E-state index is 12.3. The van der Waals surface area contributed by atoms with E-state index in [0.717, 1.165) is 0 Å². The van der Waals surface area contributed by atoms with Gasteiger partial charge in [0.2, 0.25) is 5.91 Å². The Labute approximate surface area is 155 Å². The molecule has 2 aromatic carbocycles. The molecule has 0 atom stereocenters. The molecule has 0 heterocycles. The van der Waals surface area contributed by atoms with Crippen molar-refractivity contribution in [3.05, 3.63) is 52.5 Å². The number of carbonyl (C=O) groups is 2. The van der Waals surface area contributed by atoms with Gasteiger partial charge >= 0.3 is 5.97 Å². The Morgan fingerprint density at radius 1 is 1.12 bits per heavy atom. The Hall–Kier alpha value is -2.34. The van der Waals surface area contributed by atoms with Crippen LogP contribution in [0.2, 0.25) is 0 Å². The highest BCUT2D eigenvalue weighted by atomic mass is 79.9. The molecule has 25 heavy (non-hydrogen) atoms. The van der Waals surface area contributed by atoms with Gasteiger partial charge in [-0.3, -0.25) is 4.79 Å². The molecule has 0 radical (unpaired) electrons. The minimum atomic E-state index is -0.470. The Morgan fingerprint density at radius 3 is 2.36 bits per heavy atom. The Morgan fingerprint density at radius 2 is 1.80 bits per heavy atom. The fourth-order valence-corrected chi connectivity index (χ4v) is 2.47. The lowest BCUT2D eigenvalue weighted by atomic mass is 10.2. The highest BCUT2D eigenvalue weighted by molar-refractivity contribution is 9.10. The standard InChI is InChI=1S/C19H20BrNO4/c1-4-18(22)21-14-6-8-15(9-7-14)25-19(23)13-5-10-17(16(20)11-13)24-12(2)3/h5-12H,4H2,1-3H3,(H,21,22). The van der Waals surface area contributed by atoms with Crippen LogP contribution >= 0.6 is 15.9 Å². The molecular weight excluding hydrogens is 386 g/mol. The Balaban J connectivity index is 2.04. The molecule has 0 unspecified atom stereocenters. The van der Waals surface area contributed by atoms with Crippen molar-refractivity contribution in [3.8, 4) is 11.5 Å². The summed E-state index contributed by atoms with van der Waals surface area (Å²) in [5.41, 5.74) is 1.07. The monoisotopic (exact) mass is 405 g/mol. The van der Waals surface area contributed by atoms with E-state index in [1.807, 2.05) is 13.8 Å². The van der Waals surface area contributed by atoms with Gasteiger partial charge in [0, 0.05) is 12.1 Å². The minimum absolute atomic E-state index is 0.0424. The van der Waals surface area contributed by atoms with Crippen molar-refractivity contribution in [2.75, 3.05) is 5.32 Å². The zero-order chi connectivity index (χ0) is 18.4. The van der Waals surface area contributed by atoms with Gasteiger partial charge in [0.25, 0.3) is 0 Å². The second kappa shape index (κ2) is 8.67. The summed E-state index contributed by atoms with van der Waals surface area (Å²) in [4.78, 5) is 23.6. The molecule has 132 valence electrons. The van der Waals surface area contributed by atoms with Gasteiger partial charge in [-0.15, -0.1) is 0 Å². The number of amides is 1. The first kappa shape index (κ1) is 19.0. The molecule has 1 N–H and O–H groups in total. The molecule has 5 nitrogen and oxygen atoms in total. The summed E-state index contributed by atoms with van der Waals surface area (Å²) in [6.45, 7) is 5.64. The first-order valence-corrected chi connectivity index (χ1v) is 8.76. The van der Waals surface area contributed by atoms with Gasteiger partial charge in [-0.2, -0.15) is 0 Å². The zero-order valence-electron chi connectivity index (χ0n) is 14.3. The van der Waals surface area contributed by atoms with E-state index >= 15 is 0 Å². The lowest BCUT2D eigenvalue weighted by Gasteiger charge is -2.12. The Bertz CT molecular complexity index is 757. The lowest BCUT2D eigenvalue weighted by molar-refractivity contribution is -0.115. The summed E-state index contributed by atoms with van der Waals surface area (Å²) < 4.78 is 11.7. The minimum Gasteiger partial charge on any atom is -0.490 e. The van der Waals surface area contributed by atoms with Gasteiger partial charge in [-0.25, -0.2) is 4.79 Å². The molecule has 2 aromatic rings. The molecule has 6 heteroatoms. The average molecular weight is 406 g/mol. The summed E-state index contributed by atoms with van der Waals surface area (Å²) in [6.07, 6.45) is 0.447. The molecule has 0 aliphatic carbocycles. The third kappa shape index (κ3) is 5.60. The predicted octanol–water partition coefficient (Wildman–Crippen LogP) is 4.80. The van der Waals surface area contributed by atoms with E-state index in [2.05, 4.69) is 21.2 Å². The predicted molar refractivity (Wildman–Crippen MR) is 100 cm³/mol. The molecule has 0 saturated carbocycles. The van der Waals surface area contributed by atoms with E-state index < -0.39 is 5.97 Å². The van der Waals surface area contributed by atoms with Crippen molar-refractivity contribution in [2.45, 2.75) is 33.3 Å². The van der Waals surface area contributed by atoms with Crippen molar-refractivity contribution in [1.82, 2.24) is 0 Å². The van der Waals surface area contributed by atoms with E-state index in [1.165, 1.54) is 0 Å². The van der Waals surface area contributed by atoms with E-state index in [0.29, 0.717) is 33.6 Å². The van der Waals surface area contributed by atoms with Crippen LogP contribution in [0.1, 0.15) is 37.6 Å². The van der Waals surface area contributed by atoms with Crippen molar-refractivity contribution >= 4 is 33.5 Å². The first-order valence-electron chi connectivity index (χ1n) is 7.97. The summed E-state index contributed by atoms with van der Waals surface area (Å²) in [7, 11) is 0. The molecule has 1 amide bonds. The number of carbonyl (C=O) groups excluding carboxylic acids is 2. The van der Waals surface area contributed by atoms with Crippen molar-refractivity contribution < 1.29 is 19.1 Å². The van der Waals surface area contributed by atoms with E-state index in [-0.39, 0.29) is 12.0 Å². The maximum atomic E-state index is 12.3.